The number of ether oxygens (including phenoxy) is 1. The van der Waals surface area contributed by atoms with E-state index in [1.807, 2.05) is 18.2 Å². The highest BCUT2D eigenvalue weighted by atomic mass is 32.2. The minimum atomic E-state index is -3.46. The first-order valence-electron chi connectivity index (χ1n) is 20.7. The van der Waals surface area contributed by atoms with Crippen molar-refractivity contribution in [2.24, 2.45) is 0 Å². The Morgan fingerprint density at radius 1 is 0.620 bits per heavy atom. The maximum absolute atomic E-state index is 12.8. The van der Waals surface area contributed by atoms with Crippen molar-refractivity contribution < 1.29 is 22.1 Å². The minimum absolute atomic E-state index is 0.0511. The molecule has 1 unspecified atom stereocenters. The summed E-state index contributed by atoms with van der Waals surface area (Å²) in [6, 6.07) is 0. The standard InChI is InChI=1S/C43H79NO5S/c1-5-7-9-11-13-15-17-19-21-23-25-27-29-31-33-35-38-42(49-43(45)44(3)40-37-41-48-50(4,46)47)39-36-34-32-30-28-26-24-22-20-18-16-14-12-10-8-6-2/h5,7,9,11,13,15,17,42H,1,6,8,10,12,14,16,18-41H2,2-4H3/b9-7?,13-11-,17-15?. The van der Waals surface area contributed by atoms with E-state index in [4.69, 9.17) is 8.92 Å². The summed E-state index contributed by atoms with van der Waals surface area (Å²) in [4.78, 5) is 14.4. The van der Waals surface area contributed by atoms with Crippen LogP contribution in [-0.2, 0) is 19.0 Å². The predicted molar refractivity (Wildman–Crippen MR) is 216 cm³/mol. The van der Waals surface area contributed by atoms with E-state index in [1.165, 1.54) is 141 Å². The summed E-state index contributed by atoms with van der Waals surface area (Å²) in [5, 5.41) is 0. The lowest BCUT2D eigenvalue weighted by Gasteiger charge is -2.23. The number of hydrogen-bond donors (Lipinski definition) is 0. The molecule has 0 heterocycles. The zero-order chi connectivity index (χ0) is 36.8. The largest absolute Gasteiger partial charge is 0.446 e. The van der Waals surface area contributed by atoms with E-state index >= 15 is 0 Å². The molecule has 1 atom stereocenters. The van der Waals surface area contributed by atoms with Crippen molar-refractivity contribution in [1.82, 2.24) is 4.90 Å². The van der Waals surface area contributed by atoms with E-state index in [2.05, 4.69) is 31.7 Å². The fraction of sp³-hybridized carbons (Fsp3) is 0.791. The molecule has 50 heavy (non-hydrogen) atoms. The van der Waals surface area contributed by atoms with Crippen LogP contribution in [0.3, 0.4) is 0 Å². The van der Waals surface area contributed by atoms with E-state index in [0.29, 0.717) is 13.0 Å². The van der Waals surface area contributed by atoms with Crippen molar-refractivity contribution >= 4 is 16.2 Å². The van der Waals surface area contributed by atoms with Gasteiger partial charge >= 0.3 is 6.09 Å². The second-order valence-electron chi connectivity index (χ2n) is 14.2. The first-order chi connectivity index (χ1) is 24.3. The van der Waals surface area contributed by atoms with E-state index in [9.17, 15) is 13.2 Å². The minimum Gasteiger partial charge on any atom is -0.446 e. The Morgan fingerprint density at radius 3 is 1.50 bits per heavy atom. The topological polar surface area (TPSA) is 72.9 Å². The Bertz CT molecular complexity index is 958. The number of unbranched alkanes of at least 4 members (excludes halogenated alkanes) is 23. The molecule has 0 saturated carbocycles. The summed E-state index contributed by atoms with van der Waals surface area (Å²) in [6.45, 7) is 6.42. The van der Waals surface area contributed by atoms with Crippen molar-refractivity contribution in [3.05, 3.63) is 49.1 Å². The first-order valence-corrected chi connectivity index (χ1v) is 22.5. The van der Waals surface area contributed by atoms with Gasteiger partial charge in [0, 0.05) is 13.6 Å². The first kappa shape index (κ1) is 48.1. The smallest absolute Gasteiger partial charge is 0.409 e. The van der Waals surface area contributed by atoms with Crippen molar-refractivity contribution in [2.45, 2.75) is 193 Å². The molecule has 0 bridgehead atoms. The molecule has 0 rings (SSSR count). The Hall–Kier alpha value is -1.86. The molecule has 6 nitrogen and oxygen atoms in total. The van der Waals surface area contributed by atoms with E-state index < -0.39 is 10.1 Å². The molecule has 0 aliphatic rings. The molecule has 0 spiro atoms. The van der Waals surface area contributed by atoms with Crippen LogP contribution in [0.2, 0.25) is 0 Å². The molecular weight excluding hydrogens is 643 g/mol. The van der Waals surface area contributed by atoms with Crippen LogP contribution in [0.1, 0.15) is 187 Å². The third kappa shape index (κ3) is 37.4. The zero-order valence-electron chi connectivity index (χ0n) is 32.9. The number of hydrogen-bond acceptors (Lipinski definition) is 5. The van der Waals surface area contributed by atoms with Crippen LogP contribution in [-0.4, -0.2) is 52.0 Å². The third-order valence-electron chi connectivity index (χ3n) is 9.26. The molecule has 0 aliphatic heterocycles. The molecule has 0 aliphatic carbocycles. The second-order valence-corrected chi connectivity index (χ2v) is 15.9. The van der Waals surface area contributed by atoms with E-state index in [0.717, 1.165) is 38.4 Å². The van der Waals surface area contributed by atoms with Crippen molar-refractivity contribution in [3.8, 4) is 0 Å². The van der Waals surface area contributed by atoms with Gasteiger partial charge in [0.25, 0.3) is 10.1 Å². The fourth-order valence-electron chi connectivity index (χ4n) is 6.16. The zero-order valence-corrected chi connectivity index (χ0v) is 33.8. The molecule has 0 radical (unpaired) electrons. The van der Waals surface area contributed by atoms with Crippen molar-refractivity contribution in [2.75, 3.05) is 26.5 Å². The van der Waals surface area contributed by atoms with Crippen LogP contribution in [0.25, 0.3) is 0 Å². The molecule has 7 heteroatoms. The average Bonchev–Trinajstić information content (AvgIpc) is 3.09. The molecule has 0 N–H and O–H groups in total. The summed E-state index contributed by atoms with van der Waals surface area (Å²) >= 11 is 0. The monoisotopic (exact) mass is 722 g/mol. The van der Waals surface area contributed by atoms with Crippen LogP contribution in [0, 0.1) is 0 Å². The molecule has 1 amide bonds. The van der Waals surface area contributed by atoms with Gasteiger partial charge in [0.05, 0.1) is 12.9 Å². The van der Waals surface area contributed by atoms with Gasteiger partial charge in [0.15, 0.2) is 0 Å². The number of nitrogens with zero attached hydrogens (tertiary/aromatic N) is 1. The molecular formula is C43H79NO5S. The fourth-order valence-corrected chi connectivity index (χ4v) is 6.58. The van der Waals surface area contributed by atoms with Gasteiger partial charge in [0.2, 0.25) is 0 Å². The van der Waals surface area contributed by atoms with Gasteiger partial charge in [-0.1, -0.05) is 191 Å². The van der Waals surface area contributed by atoms with Gasteiger partial charge in [-0.25, -0.2) is 4.79 Å². The summed E-state index contributed by atoms with van der Waals surface area (Å²) < 4.78 is 33.2. The summed E-state index contributed by atoms with van der Waals surface area (Å²) in [5.41, 5.74) is 0. The molecule has 0 aromatic heterocycles. The van der Waals surface area contributed by atoms with Gasteiger partial charge < -0.3 is 9.64 Å². The molecule has 0 fully saturated rings. The maximum atomic E-state index is 12.8. The Morgan fingerprint density at radius 2 is 1.04 bits per heavy atom. The highest BCUT2D eigenvalue weighted by Gasteiger charge is 2.17. The van der Waals surface area contributed by atoms with Crippen LogP contribution in [0.5, 0.6) is 0 Å². The Kier molecular flexibility index (Phi) is 35.5. The lowest BCUT2D eigenvalue weighted by atomic mass is 10.0. The van der Waals surface area contributed by atoms with Crippen LogP contribution in [0.15, 0.2) is 49.1 Å². The molecule has 0 aromatic carbocycles. The second kappa shape index (κ2) is 36.9. The van der Waals surface area contributed by atoms with Gasteiger partial charge in [-0.15, -0.1) is 0 Å². The van der Waals surface area contributed by atoms with Gasteiger partial charge in [-0.2, -0.15) is 8.42 Å². The highest BCUT2D eigenvalue weighted by Crippen LogP contribution is 2.19. The number of carbonyl (C=O) groups excluding carboxylic acids is 1. The van der Waals surface area contributed by atoms with Crippen LogP contribution in [0.4, 0.5) is 4.79 Å². The van der Waals surface area contributed by atoms with Gasteiger partial charge in [-0.05, 0) is 44.9 Å². The lowest BCUT2D eigenvalue weighted by Crippen LogP contribution is -2.32. The number of carbonyl (C=O) groups is 1. The number of rotatable bonds is 37. The van der Waals surface area contributed by atoms with Crippen molar-refractivity contribution in [1.29, 1.82) is 0 Å². The van der Waals surface area contributed by atoms with E-state index in [1.54, 1.807) is 18.0 Å². The Labute approximate surface area is 310 Å². The SMILES string of the molecule is C=CC=C/C=C\C=CCCCCCCCCCCC(CCCCCCCCCCCCCCCCCC)OC(=O)N(C)CCCOS(C)(=O)=O. The predicted octanol–water partition coefficient (Wildman–Crippen LogP) is 13.2. The molecule has 0 saturated heterocycles. The van der Waals surface area contributed by atoms with Gasteiger partial charge in [-0.3, -0.25) is 4.18 Å². The third-order valence-corrected chi connectivity index (χ3v) is 9.85. The molecule has 292 valence electrons. The van der Waals surface area contributed by atoms with E-state index in [-0.39, 0.29) is 18.8 Å². The average molecular weight is 722 g/mol. The summed E-state index contributed by atoms with van der Waals surface area (Å²) in [6.07, 6.45) is 49.7. The lowest BCUT2D eigenvalue weighted by molar-refractivity contribution is 0.0574. The van der Waals surface area contributed by atoms with Gasteiger partial charge in [0.1, 0.15) is 6.10 Å². The van der Waals surface area contributed by atoms with Crippen molar-refractivity contribution in [3.63, 3.8) is 0 Å². The van der Waals surface area contributed by atoms with Crippen LogP contribution < -0.4 is 0 Å². The normalized spacial score (nSPS) is 12.8. The maximum Gasteiger partial charge on any atom is 0.409 e. The number of allylic oxidation sites excluding steroid dienone is 7. The number of amides is 1. The van der Waals surface area contributed by atoms with Crippen LogP contribution >= 0.6 is 0 Å². The quantitative estimate of drug-likeness (QED) is 0.0363. The summed E-state index contributed by atoms with van der Waals surface area (Å²) in [5.74, 6) is 0. The highest BCUT2D eigenvalue weighted by molar-refractivity contribution is 7.85. The molecule has 0 aromatic rings. The summed E-state index contributed by atoms with van der Waals surface area (Å²) in [7, 11) is -1.75. The Balaban J connectivity index is 4.20.